The zero-order valence-corrected chi connectivity index (χ0v) is 18.8. The molecule has 0 aliphatic carbocycles. The van der Waals surface area contributed by atoms with Crippen LogP contribution in [0, 0.1) is 0 Å². The summed E-state index contributed by atoms with van der Waals surface area (Å²) in [5, 5.41) is 13.8. The minimum atomic E-state index is -0.931. The fourth-order valence-corrected chi connectivity index (χ4v) is 4.12. The van der Waals surface area contributed by atoms with Crippen molar-refractivity contribution in [1.29, 1.82) is 0 Å². The molecule has 1 aliphatic rings. The molecule has 31 heavy (non-hydrogen) atoms. The molecule has 8 nitrogen and oxygen atoms in total. The van der Waals surface area contributed by atoms with Crippen molar-refractivity contribution in [2.45, 2.75) is 44.6 Å². The third-order valence-corrected chi connectivity index (χ3v) is 5.86. The smallest absolute Gasteiger partial charge is 0.234 e. The highest BCUT2D eigenvalue weighted by Gasteiger charge is 2.33. The molecule has 164 valence electrons. The number of imide groups is 1. The highest BCUT2D eigenvalue weighted by atomic mass is 35.5. The highest BCUT2D eigenvalue weighted by Crippen LogP contribution is 2.37. The first kappa shape index (κ1) is 23.0. The maximum atomic E-state index is 12.8. The Balaban J connectivity index is 1.72. The van der Waals surface area contributed by atoms with Gasteiger partial charge in [0.1, 0.15) is 0 Å². The van der Waals surface area contributed by atoms with E-state index in [9.17, 15) is 14.4 Å². The summed E-state index contributed by atoms with van der Waals surface area (Å²) in [7, 11) is 1.49. The van der Waals surface area contributed by atoms with Gasteiger partial charge in [0.15, 0.2) is 0 Å². The number of carbonyl (C=O) groups excluding carboxylic acids is 3. The molecule has 1 saturated heterocycles. The number of aromatic nitrogens is 2. The molecule has 3 amide bonds. The second-order valence-corrected chi connectivity index (χ2v) is 8.56. The van der Waals surface area contributed by atoms with Crippen molar-refractivity contribution in [3.05, 3.63) is 51.1 Å². The van der Waals surface area contributed by atoms with Crippen LogP contribution in [0.4, 0.5) is 0 Å². The van der Waals surface area contributed by atoms with Crippen molar-refractivity contribution in [2.24, 2.45) is 0 Å². The number of rotatable bonds is 6. The summed E-state index contributed by atoms with van der Waals surface area (Å²) in [6, 6.07) is 6.65. The average Bonchev–Trinajstić information content (AvgIpc) is 2.73. The minimum absolute atomic E-state index is 0.181. The second kappa shape index (κ2) is 9.20. The Morgan fingerprint density at radius 1 is 1.23 bits per heavy atom. The van der Waals surface area contributed by atoms with E-state index in [-0.39, 0.29) is 24.8 Å². The largest absolute Gasteiger partial charge is 0.480 e. The van der Waals surface area contributed by atoms with Crippen LogP contribution in [0.1, 0.15) is 49.4 Å². The molecule has 2 aromatic rings. The fraction of sp³-hybridized carbons (Fsp3) is 0.381. The second-order valence-electron chi connectivity index (χ2n) is 7.75. The van der Waals surface area contributed by atoms with Gasteiger partial charge in [0.25, 0.3) is 0 Å². The summed E-state index contributed by atoms with van der Waals surface area (Å²) < 4.78 is 4.99. The monoisotopic (exact) mass is 464 g/mol. The molecule has 2 heterocycles. The lowest BCUT2D eigenvalue weighted by molar-refractivity contribution is -0.134. The van der Waals surface area contributed by atoms with Gasteiger partial charge in [-0.3, -0.25) is 19.7 Å². The van der Waals surface area contributed by atoms with E-state index in [1.807, 2.05) is 0 Å². The number of hydrogen-bond acceptors (Lipinski definition) is 6. The molecular formula is C21H22Cl2N4O4. The van der Waals surface area contributed by atoms with E-state index in [0.717, 1.165) is 0 Å². The molecule has 1 fully saturated rings. The molecule has 10 heteroatoms. The minimum Gasteiger partial charge on any atom is -0.480 e. The summed E-state index contributed by atoms with van der Waals surface area (Å²) in [6.07, 6.45) is 0.571. The molecule has 1 unspecified atom stereocenters. The molecule has 1 aromatic carbocycles. The van der Waals surface area contributed by atoms with Gasteiger partial charge in [-0.25, -0.2) is 0 Å². The summed E-state index contributed by atoms with van der Waals surface area (Å²) in [5.41, 5.74) is 0.725. The zero-order valence-electron chi connectivity index (χ0n) is 17.3. The van der Waals surface area contributed by atoms with E-state index in [0.29, 0.717) is 39.2 Å². The number of methoxy groups -OCH3 is 1. The molecule has 2 N–H and O–H groups in total. The topological polar surface area (TPSA) is 110 Å². The lowest BCUT2D eigenvalue weighted by Gasteiger charge is -2.24. The molecule has 1 aromatic heterocycles. The fourth-order valence-electron chi connectivity index (χ4n) is 3.32. The predicted molar refractivity (Wildman–Crippen MR) is 115 cm³/mol. The highest BCUT2D eigenvalue weighted by molar-refractivity contribution is 6.36. The normalized spacial score (nSPS) is 16.6. The Morgan fingerprint density at radius 2 is 1.90 bits per heavy atom. The van der Waals surface area contributed by atoms with Gasteiger partial charge in [-0.15, -0.1) is 5.10 Å². The van der Waals surface area contributed by atoms with E-state index >= 15 is 0 Å². The molecule has 3 rings (SSSR count). The van der Waals surface area contributed by atoms with Crippen LogP contribution in [0.2, 0.25) is 10.0 Å². The maximum Gasteiger partial charge on any atom is 0.234 e. The Hall–Kier alpha value is -2.71. The Kier molecular flexibility index (Phi) is 6.81. The van der Waals surface area contributed by atoms with Crippen LogP contribution < -0.4 is 15.4 Å². The van der Waals surface area contributed by atoms with E-state index in [1.165, 1.54) is 7.11 Å². The lowest BCUT2D eigenvalue weighted by atomic mass is 9.87. The first-order valence-corrected chi connectivity index (χ1v) is 10.4. The van der Waals surface area contributed by atoms with Crippen LogP contribution in [0.25, 0.3) is 0 Å². The van der Waals surface area contributed by atoms with Crippen molar-refractivity contribution in [3.63, 3.8) is 0 Å². The van der Waals surface area contributed by atoms with Crippen LogP contribution in [-0.4, -0.2) is 35.0 Å². The molecule has 1 atom stereocenters. The number of piperidine rings is 1. The standard InChI is InChI=1S/C21H22Cl2N4O4/c1-21(2,15-5-7-17(31-3)27-26-15)20(30)24-10-11-8-13(22)18(14(23)9-11)12-4-6-16(28)25-19(12)29/h5,7-9,12H,4,6,10H2,1-3H3,(H,24,30)(H,25,28,29). The van der Waals surface area contributed by atoms with Crippen LogP contribution in [0.15, 0.2) is 24.3 Å². The van der Waals surface area contributed by atoms with Crippen LogP contribution >= 0.6 is 23.2 Å². The number of amides is 3. The van der Waals surface area contributed by atoms with Crippen LogP contribution in [0.5, 0.6) is 5.88 Å². The number of nitrogens with one attached hydrogen (secondary N) is 2. The third kappa shape index (κ3) is 4.97. The van der Waals surface area contributed by atoms with Gasteiger partial charge in [-0.1, -0.05) is 23.2 Å². The van der Waals surface area contributed by atoms with Gasteiger partial charge in [0.2, 0.25) is 23.6 Å². The molecule has 0 saturated carbocycles. The van der Waals surface area contributed by atoms with Crippen molar-refractivity contribution < 1.29 is 19.1 Å². The quantitative estimate of drug-likeness (QED) is 0.635. The first-order valence-electron chi connectivity index (χ1n) is 9.61. The van der Waals surface area contributed by atoms with E-state index in [2.05, 4.69) is 20.8 Å². The van der Waals surface area contributed by atoms with Crippen molar-refractivity contribution in [2.75, 3.05) is 7.11 Å². The maximum absolute atomic E-state index is 12.8. The molecule has 0 bridgehead atoms. The Bertz CT molecular complexity index is 1000. The van der Waals surface area contributed by atoms with E-state index < -0.39 is 17.2 Å². The van der Waals surface area contributed by atoms with Gasteiger partial charge in [-0.05, 0) is 44.0 Å². The van der Waals surface area contributed by atoms with Crippen LogP contribution in [0.3, 0.4) is 0 Å². The number of halogens is 2. The van der Waals surface area contributed by atoms with Gasteiger partial charge in [0, 0.05) is 34.6 Å². The number of benzene rings is 1. The Labute approximate surface area is 189 Å². The van der Waals surface area contributed by atoms with Gasteiger partial charge < -0.3 is 10.1 Å². The van der Waals surface area contributed by atoms with Crippen molar-refractivity contribution in [3.8, 4) is 5.88 Å². The molecular weight excluding hydrogens is 443 g/mol. The lowest BCUT2D eigenvalue weighted by Crippen LogP contribution is -2.40. The number of nitrogens with zero attached hydrogens (tertiary/aromatic N) is 2. The van der Waals surface area contributed by atoms with Crippen molar-refractivity contribution >= 4 is 40.9 Å². The van der Waals surface area contributed by atoms with Gasteiger partial charge in [0.05, 0.1) is 24.1 Å². The van der Waals surface area contributed by atoms with E-state index in [4.69, 9.17) is 27.9 Å². The first-order chi connectivity index (χ1) is 14.6. The SMILES string of the molecule is COc1ccc(C(C)(C)C(=O)NCc2cc(Cl)c(C3CCC(=O)NC3=O)c(Cl)c2)nn1. The summed E-state index contributed by atoms with van der Waals surface area (Å²) in [6.45, 7) is 3.66. The number of carbonyl (C=O) groups is 3. The number of ether oxygens (including phenoxy) is 1. The molecule has 1 aliphatic heterocycles. The van der Waals surface area contributed by atoms with Gasteiger partial charge in [-0.2, -0.15) is 5.10 Å². The average molecular weight is 465 g/mol. The Morgan fingerprint density at radius 3 is 2.45 bits per heavy atom. The summed E-state index contributed by atoms with van der Waals surface area (Å²) in [4.78, 5) is 36.3. The third-order valence-electron chi connectivity index (χ3n) is 5.24. The molecule has 0 spiro atoms. The van der Waals surface area contributed by atoms with Crippen molar-refractivity contribution in [1.82, 2.24) is 20.8 Å². The number of hydrogen-bond donors (Lipinski definition) is 2. The van der Waals surface area contributed by atoms with Crippen LogP contribution in [-0.2, 0) is 26.3 Å². The predicted octanol–water partition coefficient (Wildman–Crippen LogP) is 2.91. The zero-order chi connectivity index (χ0) is 22.8. The molecule has 0 radical (unpaired) electrons. The van der Waals surface area contributed by atoms with E-state index in [1.54, 1.807) is 38.1 Å². The van der Waals surface area contributed by atoms with Gasteiger partial charge >= 0.3 is 0 Å². The summed E-state index contributed by atoms with van der Waals surface area (Å²) in [5.74, 6) is -1.21. The summed E-state index contributed by atoms with van der Waals surface area (Å²) >= 11 is 12.8.